The molecule has 2 aromatic rings. The predicted molar refractivity (Wildman–Crippen MR) is 83.1 cm³/mol. The van der Waals surface area contributed by atoms with E-state index in [4.69, 9.17) is 11.6 Å². The van der Waals surface area contributed by atoms with Crippen LogP contribution >= 0.6 is 11.6 Å². The average Bonchev–Trinajstić information content (AvgIpc) is 2.43. The van der Waals surface area contributed by atoms with E-state index in [1.807, 2.05) is 18.2 Å². The van der Waals surface area contributed by atoms with E-state index in [1.54, 1.807) is 6.07 Å². The summed E-state index contributed by atoms with van der Waals surface area (Å²) in [6.07, 6.45) is 2.87. The first-order chi connectivity index (χ1) is 10.1. The van der Waals surface area contributed by atoms with Gasteiger partial charge in [-0.25, -0.2) is 4.39 Å². The Morgan fingerprint density at radius 3 is 2.48 bits per heavy atom. The normalized spacial score (nSPS) is 18.0. The molecule has 1 N–H and O–H groups in total. The zero-order valence-corrected chi connectivity index (χ0v) is 12.5. The molecule has 1 saturated carbocycles. The van der Waals surface area contributed by atoms with Gasteiger partial charge in [0, 0.05) is 16.9 Å². The van der Waals surface area contributed by atoms with Crippen LogP contribution in [0.15, 0.2) is 48.5 Å². The maximum Gasteiger partial charge on any atom is 0.123 e. The SMILES string of the molecule is OC(Cc1cc(F)ccc1Cl)C1(c2ccccc2)CCC1. The van der Waals surface area contributed by atoms with E-state index in [-0.39, 0.29) is 11.2 Å². The minimum Gasteiger partial charge on any atom is -0.392 e. The molecular weight excluding hydrogens is 287 g/mol. The molecule has 110 valence electrons. The highest BCUT2D eigenvalue weighted by Gasteiger charge is 2.44. The van der Waals surface area contributed by atoms with Crippen molar-refractivity contribution in [3.63, 3.8) is 0 Å². The third-order valence-electron chi connectivity index (χ3n) is 4.65. The molecule has 0 aromatic heterocycles. The van der Waals surface area contributed by atoms with Gasteiger partial charge in [-0.05, 0) is 42.2 Å². The number of hydrogen-bond acceptors (Lipinski definition) is 1. The minimum atomic E-state index is -0.548. The van der Waals surface area contributed by atoms with Crippen molar-refractivity contribution in [1.29, 1.82) is 0 Å². The number of hydrogen-bond donors (Lipinski definition) is 1. The van der Waals surface area contributed by atoms with Crippen LogP contribution in [0.25, 0.3) is 0 Å². The highest BCUT2D eigenvalue weighted by Crippen LogP contribution is 2.47. The third kappa shape index (κ3) is 2.70. The largest absolute Gasteiger partial charge is 0.392 e. The van der Waals surface area contributed by atoms with Crippen LogP contribution in [0.4, 0.5) is 4.39 Å². The fraction of sp³-hybridized carbons (Fsp3) is 0.333. The van der Waals surface area contributed by atoms with Gasteiger partial charge in [-0.2, -0.15) is 0 Å². The zero-order valence-electron chi connectivity index (χ0n) is 11.7. The Bertz CT molecular complexity index is 622. The van der Waals surface area contributed by atoms with Crippen molar-refractivity contribution in [3.05, 3.63) is 70.5 Å². The van der Waals surface area contributed by atoms with Gasteiger partial charge in [0.05, 0.1) is 6.10 Å². The molecule has 0 saturated heterocycles. The molecule has 1 aliphatic rings. The van der Waals surface area contributed by atoms with Crippen molar-refractivity contribution in [2.24, 2.45) is 0 Å². The molecule has 1 nitrogen and oxygen atoms in total. The zero-order chi connectivity index (χ0) is 14.9. The lowest BCUT2D eigenvalue weighted by Crippen LogP contribution is -2.46. The molecule has 0 amide bonds. The Balaban J connectivity index is 1.87. The quantitative estimate of drug-likeness (QED) is 0.881. The monoisotopic (exact) mass is 304 g/mol. The smallest absolute Gasteiger partial charge is 0.123 e. The topological polar surface area (TPSA) is 20.2 Å². The predicted octanol–water partition coefficient (Wildman–Crippen LogP) is 4.50. The van der Waals surface area contributed by atoms with E-state index >= 15 is 0 Å². The van der Waals surface area contributed by atoms with E-state index in [1.165, 1.54) is 12.1 Å². The fourth-order valence-electron chi connectivity index (χ4n) is 3.25. The van der Waals surface area contributed by atoms with Crippen LogP contribution in [0.2, 0.25) is 5.02 Å². The highest BCUT2D eigenvalue weighted by molar-refractivity contribution is 6.31. The summed E-state index contributed by atoms with van der Waals surface area (Å²) >= 11 is 6.12. The Hall–Kier alpha value is -1.38. The summed E-state index contributed by atoms with van der Waals surface area (Å²) in [4.78, 5) is 0. The molecule has 2 aromatic carbocycles. The van der Waals surface area contributed by atoms with E-state index in [0.717, 1.165) is 24.8 Å². The summed E-state index contributed by atoms with van der Waals surface area (Å²) in [5.41, 5.74) is 1.62. The van der Waals surface area contributed by atoms with Crippen molar-refractivity contribution in [2.75, 3.05) is 0 Å². The van der Waals surface area contributed by atoms with Crippen molar-refractivity contribution in [3.8, 4) is 0 Å². The van der Waals surface area contributed by atoms with Gasteiger partial charge in [0.15, 0.2) is 0 Å². The molecule has 0 heterocycles. The molecule has 3 rings (SSSR count). The molecule has 0 spiro atoms. The van der Waals surface area contributed by atoms with E-state index in [2.05, 4.69) is 12.1 Å². The van der Waals surface area contributed by atoms with Crippen LogP contribution in [-0.2, 0) is 11.8 Å². The molecule has 1 atom stereocenters. The van der Waals surface area contributed by atoms with Gasteiger partial charge in [-0.1, -0.05) is 48.4 Å². The first kappa shape index (κ1) is 14.6. The van der Waals surface area contributed by atoms with E-state index < -0.39 is 6.10 Å². The molecule has 1 aliphatic carbocycles. The van der Waals surface area contributed by atoms with Crippen LogP contribution in [0.1, 0.15) is 30.4 Å². The van der Waals surface area contributed by atoms with Crippen LogP contribution in [0, 0.1) is 5.82 Å². The summed E-state index contributed by atoms with van der Waals surface area (Å²) in [6, 6.07) is 14.4. The summed E-state index contributed by atoms with van der Waals surface area (Å²) in [5, 5.41) is 11.3. The van der Waals surface area contributed by atoms with Crippen molar-refractivity contribution < 1.29 is 9.50 Å². The Kier molecular flexibility index (Phi) is 4.01. The Morgan fingerprint density at radius 1 is 1.14 bits per heavy atom. The van der Waals surface area contributed by atoms with Gasteiger partial charge in [0.25, 0.3) is 0 Å². The summed E-state index contributed by atoms with van der Waals surface area (Å²) in [5.74, 6) is -0.316. The maximum absolute atomic E-state index is 13.4. The van der Waals surface area contributed by atoms with Crippen molar-refractivity contribution in [2.45, 2.75) is 37.2 Å². The first-order valence-electron chi connectivity index (χ1n) is 7.29. The van der Waals surface area contributed by atoms with Crippen LogP contribution in [0.5, 0.6) is 0 Å². The molecule has 21 heavy (non-hydrogen) atoms. The van der Waals surface area contributed by atoms with E-state index in [0.29, 0.717) is 17.0 Å². The lowest BCUT2D eigenvalue weighted by Gasteiger charge is -2.46. The van der Waals surface area contributed by atoms with Crippen molar-refractivity contribution in [1.82, 2.24) is 0 Å². The minimum absolute atomic E-state index is 0.211. The average molecular weight is 305 g/mol. The first-order valence-corrected chi connectivity index (χ1v) is 7.67. The van der Waals surface area contributed by atoms with Gasteiger partial charge in [-0.15, -0.1) is 0 Å². The maximum atomic E-state index is 13.4. The molecule has 1 fully saturated rings. The number of aliphatic hydroxyl groups excluding tert-OH is 1. The third-order valence-corrected chi connectivity index (χ3v) is 5.02. The number of aliphatic hydroxyl groups is 1. The second-order valence-electron chi connectivity index (χ2n) is 5.83. The van der Waals surface area contributed by atoms with Crippen LogP contribution in [0.3, 0.4) is 0 Å². The van der Waals surface area contributed by atoms with Gasteiger partial charge in [-0.3, -0.25) is 0 Å². The lowest BCUT2D eigenvalue weighted by atomic mass is 9.60. The summed E-state index contributed by atoms with van der Waals surface area (Å²) in [7, 11) is 0. The number of benzene rings is 2. The standard InChI is InChI=1S/C18H18ClFO/c19-16-8-7-15(20)11-13(16)12-17(21)18(9-4-10-18)14-5-2-1-3-6-14/h1-3,5-8,11,17,21H,4,9-10,12H2. The fourth-order valence-corrected chi connectivity index (χ4v) is 3.44. The number of rotatable bonds is 4. The van der Waals surface area contributed by atoms with Gasteiger partial charge in [0.1, 0.15) is 5.82 Å². The number of halogens is 2. The van der Waals surface area contributed by atoms with E-state index in [9.17, 15) is 9.50 Å². The molecule has 1 unspecified atom stereocenters. The molecule has 3 heteroatoms. The van der Waals surface area contributed by atoms with Crippen LogP contribution in [-0.4, -0.2) is 11.2 Å². The van der Waals surface area contributed by atoms with Gasteiger partial charge < -0.3 is 5.11 Å². The highest BCUT2D eigenvalue weighted by atomic mass is 35.5. The molecule has 0 aliphatic heterocycles. The lowest BCUT2D eigenvalue weighted by molar-refractivity contribution is 0.0285. The Morgan fingerprint density at radius 2 is 1.86 bits per heavy atom. The van der Waals surface area contributed by atoms with Gasteiger partial charge in [0.2, 0.25) is 0 Å². The van der Waals surface area contributed by atoms with Gasteiger partial charge >= 0.3 is 0 Å². The summed E-state index contributed by atoms with van der Waals surface area (Å²) < 4.78 is 13.4. The van der Waals surface area contributed by atoms with Crippen molar-refractivity contribution >= 4 is 11.6 Å². The molecular formula is C18H18ClFO. The van der Waals surface area contributed by atoms with Crippen LogP contribution < -0.4 is 0 Å². The molecule has 0 radical (unpaired) electrons. The second kappa shape index (κ2) is 5.78. The second-order valence-corrected chi connectivity index (χ2v) is 6.24. The molecule has 0 bridgehead atoms. The summed E-state index contributed by atoms with van der Waals surface area (Å²) in [6.45, 7) is 0. The Labute approximate surface area is 129 Å².